The summed E-state index contributed by atoms with van der Waals surface area (Å²) in [4.78, 5) is 24.2. The molecule has 4 nitrogen and oxygen atoms in total. The molecule has 0 heterocycles. The first kappa shape index (κ1) is 17.1. The number of aryl methyl sites for hydroxylation is 2. The molecule has 1 fully saturated rings. The second kappa shape index (κ2) is 6.67. The smallest absolute Gasteiger partial charge is 0.313 e. The minimum absolute atomic E-state index is 0.178. The number of halogens is 1. The minimum atomic E-state index is -0.677. The molecular formula is C20H21FN2O2. The van der Waals surface area contributed by atoms with E-state index in [1.54, 1.807) is 12.1 Å². The van der Waals surface area contributed by atoms with Gasteiger partial charge in [-0.3, -0.25) is 9.59 Å². The van der Waals surface area contributed by atoms with E-state index in [1.165, 1.54) is 12.1 Å². The van der Waals surface area contributed by atoms with Crippen molar-refractivity contribution in [3.63, 3.8) is 0 Å². The number of hydrogen-bond acceptors (Lipinski definition) is 2. The Labute approximate surface area is 146 Å². The van der Waals surface area contributed by atoms with Crippen molar-refractivity contribution in [2.75, 3.05) is 11.9 Å². The highest BCUT2D eigenvalue weighted by atomic mass is 19.1. The van der Waals surface area contributed by atoms with E-state index in [2.05, 4.69) is 10.6 Å². The number of hydrogen-bond donors (Lipinski definition) is 2. The lowest BCUT2D eigenvalue weighted by Gasteiger charge is -2.16. The van der Waals surface area contributed by atoms with Crippen LogP contribution in [0.15, 0.2) is 42.5 Å². The molecule has 0 aromatic heterocycles. The lowest BCUT2D eigenvalue weighted by Crippen LogP contribution is -2.39. The van der Waals surface area contributed by atoms with Gasteiger partial charge in [-0.25, -0.2) is 4.39 Å². The van der Waals surface area contributed by atoms with Gasteiger partial charge in [0.1, 0.15) is 5.82 Å². The molecule has 2 aromatic carbocycles. The van der Waals surface area contributed by atoms with Gasteiger partial charge in [-0.1, -0.05) is 24.3 Å². The Morgan fingerprint density at radius 3 is 2.36 bits per heavy atom. The zero-order chi connectivity index (χ0) is 18.0. The fraction of sp³-hybridized carbons (Fsp3) is 0.300. The Balaban J connectivity index is 1.60. The summed E-state index contributed by atoms with van der Waals surface area (Å²) in [6, 6.07) is 12.0. The summed E-state index contributed by atoms with van der Waals surface area (Å²) < 4.78 is 13.1. The quantitative estimate of drug-likeness (QED) is 0.840. The van der Waals surface area contributed by atoms with Crippen LogP contribution >= 0.6 is 0 Å². The minimum Gasteiger partial charge on any atom is -0.347 e. The predicted octanol–water partition coefficient (Wildman–Crippen LogP) is 3.23. The van der Waals surface area contributed by atoms with Gasteiger partial charge in [0.05, 0.1) is 0 Å². The number of nitrogens with one attached hydrogen (secondary N) is 2. The summed E-state index contributed by atoms with van der Waals surface area (Å²) in [6.07, 6.45) is 1.83. The molecule has 1 aliphatic carbocycles. The molecule has 1 saturated carbocycles. The Kier molecular flexibility index (Phi) is 4.57. The molecule has 5 heteroatoms. The highest BCUT2D eigenvalue weighted by Gasteiger charge is 2.44. The highest BCUT2D eigenvalue weighted by molar-refractivity contribution is 6.39. The second-order valence-corrected chi connectivity index (χ2v) is 6.74. The topological polar surface area (TPSA) is 58.2 Å². The number of carbonyl (C=O) groups is 2. The summed E-state index contributed by atoms with van der Waals surface area (Å²) in [5, 5.41) is 5.36. The maximum atomic E-state index is 13.1. The van der Waals surface area contributed by atoms with Crippen molar-refractivity contribution in [3.05, 3.63) is 65.0 Å². The Hall–Kier alpha value is -2.69. The zero-order valence-electron chi connectivity index (χ0n) is 14.4. The van der Waals surface area contributed by atoms with Crippen molar-refractivity contribution in [2.45, 2.75) is 32.1 Å². The van der Waals surface area contributed by atoms with Crippen LogP contribution in [0.4, 0.5) is 10.1 Å². The van der Waals surface area contributed by atoms with Crippen LogP contribution in [0, 0.1) is 19.7 Å². The molecule has 2 N–H and O–H groups in total. The lowest BCUT2D eigenvalue weighted by molar-refractivity contribution is -0.136. The standard InChI is InChI=1S/C20H21FN2O2/c1-13-3-4-14(2)17(11-13)23-19(25)18(24)22-12-20(9-10-20)15-5-7-16(21)8-6-15/h3-8,11H,9-10,12H2,1-2H3,(H,22,24)(H,23,25). The van der Waals surface area contributed by atoms with Crippen molar-refractivity contribution >= 4 is 17.5 Å². The van der Waals surface area contributed by atoms with Crippen LogP contribution in [-0.4, -0.2) is 18.4 Å². The van der Waals surface area contributed by atoms with E-state index in [9.17, 15) is 14.0 Å². The summed E-state index contributed by atoms with van der Waals surface area (Å²) >= 11 is 0. The number of amides is 2. The highest BCUT2D eigenvalue weighted by Crippen LogP contribution is 2.47. The van der Waals surface area contributed by atoms with Gasteiger partial charge in [-0.05, 0) is 61.6 Å². The van der Waals surface area contributed by atoms with E-state index < -0.39 is 11.8 Å². The van der Waals surface area contributed by atoms with Crippen molar-refractivity contribution in [3.8, 4) is 0 Å². The van der Waals surface area contributed by atoms with Gasteiger partial charge in [0, 0.05) is 17.6 Å². The van der Waals surface area contributed by atoms with Gasteiger partial charge < -0.3 is 10.6 Å². The van der Waals surface area contributed by atoms with E-state index in [0.717, 1.165) is 29.5 Å². The first-order chi connectivity index (χ1) is 11.9. The number of carbonyl (C=O) groups excluding carboxylic acids is 2. The molecule has 0 saturated heterocycles. The molecule has 0 bridgehead atoms. The molecule has 2 aromatic rings. The molecule has 0 spiro atoms. The third-order valence-corrected chi connectivity index (χ3v) is 4.74. The third kappa shape index (κ3) is 3.87. The normalized spacial score (nSPS) is 14.7. The molecule has 1 aliphatic rings. The molecule has 130 valence electrons. The van der Waals surface area contributed by atoms with Crippen LogP contribution in [0.2, 0.25) is 0 Å². The number of rotatable bonds is 4. The van der Waals surface area contributed by atoms with E-state index in [0.29, 0.717) is 12.2 Å². The number of anilines is 1. The monoisotopic (exact) mass is 340 g/mol. The van der Waals surface area contributed by atoms with Gasteiger partial charge in [0.2, 0.25) is 0 Å². The van der Waals surface area contributed by atoms with Crippen LogP contribution in [0.3, 0.4) is 0 Å². The fourth-order valence-corrected chi connectivity index (χ4v) is 2.90. The summed E-state index contributed by atoms with van der Waals surface area (Å²) in [5.41, 5.74) is 3.36. The van der Waals surface area contributed by atoms with E-state index >= 15 is 0 Å². The van der Waals surface area contributed by atoms with Crippen molar-refractivity contribution < 1.29 is 14.0 Å². The van der Waals surface area contributed by atoms with E-state index in [4.69, 9.17) is 0 Å². The molecule has 0 aliphatic heterocycles. The zero-order valence-corrected chi connectivity index (χ0v) is 14.4. The summed E-state index contributed by atoms with van der Waals surface area (Å²) in [5.74, 6) is -1.62. The van der Waals surface area contributed by atoms with Crippen LogP contribution in [0.1, 0.15) is 29.5 Å². The van der Waals surface area contributed by atoms with E-state index in [1.807, 2.05) is 32.0 Å². The first-order valence-electron chi connectivity index (χ1n) is 8.32. The molecular weight excluding hydrogens is 319 g/mol. The van der Waals surface area contributed by atoms with Gasteiger partial charge in [-0.2, -0.15) is 0 Å². The van der Waals surface area contributed by atoms with Gasteiger partial charge in [-0.15, -0.1) is 0 Å². The van der Waals surface area contributed by atoms with Crippen LogP contribution < -0.4 is 10.6 Å². The molecule has 0 unspecified atom stereocenters. The maximum absolute atomic E-state index is 13.1. The van der Waals surface area contributed by atoms with E-state index in [-0.39, 0.29) is 11.2 Å². The Bertz CT molecular complexity index is 811. The molecule has 25 heavy (non-hydrogen) atoms. The third-order valence-electron chi connectivity index (χ3n) is 4.74. The molecule has 0 radical (unpaired) electrons. The van der Waals surface area contributed by atoms with Gasteiger partial charge >= 0.3 is 11.8 Å². The average Bonchev–Trinajstić information content (AvgIpc) is 3.37. The van der Waals surface area contributed by atoms with Crippen molar-refractivity contribution in [1.82, 2.24) is 5.32 Å². The largest absolute Gasteiger partial charge is 0.347 e. The number of benzene rings is 2. The van der Waals surface area contributed by atoms with Crippen molar-refractivity contribution in [1.29, 1.82) is 0 Å². The Morgan fingerprint density at radius 1 is 1.04 bits per heavy atom. The first-order valence-corrected chi connectivity index (χ1v) is 8.32. The maximum Gasteiger partial charge on any atom is 0.313 e. The van der Waals surface area contributed by atoms with Crippen LogP contribution in [0.25, 0.3) is 0 Å². The molecule has 0 atom stereocenters. The van der Waals surface area contributed by atoms with Crippen LogP contribution in [0.5, 0.6) is 0 Å². The predicted molar refractivity (Wildman–Crippen MR) is 94.9 cm³/mol. The average molecular weight is 340 g/mol. The van der Waals surface area contributed by atoms with Gasteiger partial charge in [0.15, 0.2) is 0 Å². The van der Waals surface area contributed by atoms with Gasteiger partial charge in [0.25, 0.3) is 0 Å². The molecule has 3 rings (SSSR count). The van der Waals surface area contributed by atoms with Crippen molar-refractivity contribution in [2.24, 2.45) is 0 Å². The SMILES string of the molecule is Cc1ccc(C)c(NC(=O)C(=O)NCC2(c3ccc(F)cc3)CC2)c1. The fourth-order valence-electron chi connectivity index (χ4n) is 2.90. The molecule has 2 amide bonds. The lowest BCUT2D eigenvalue weighted by atomic mass is 9.96. The second-order valence-electron chi connectivity index (χ2n) is 6.74. The van der Waals surface area contributed by atoms with Crippen LogP contribution in [-0.2, 0) is 15.0 Å². The summed E-state index contributed by atoms with van der Waals surface area (Å²) in [7, 11) is 0. The summed E-state index contributed by atoms with van der Waals surface area (Å²) in [6.45, 7) is 4.17. The Morgan fingerprint density at radius 2 is 1.72 bits per heavy atom.